The lowest BCUT2D eigenvalue weighted by molar-refractivity contribution is 0.0696. The fourth-order valence-corrected chi connectivity index (χ4v) is 5.17. The maximum Gasteiger partial charge on any atom is 0.336 e. The molecular formula is C28H23N3O5S. The second-order valence-corrected chi connectivity index (χ2v) is 9.78. The molecule has 37 heavy (non-hydrogen) atoms. The lowest BCUT2D eigenvalue weighted by atomic mass is 10.1. The van der Waals surface area contributed by atoms with Crippen molar-refractivity contribution in [1.82, 2.24) is 5.43 Å². The van der Waals surface area contributed by atoms with Crippen molar-refractivity contribution in [3.63, 3.8) is 0 Å². The topological polar surface area (TPSA) is 116 Å². The largest absolute Gasteiger partial charge is 0.478 e. The van der Waals surface area contributed by atoms with Crippen molar-refractivity contribution < 1.29 is 23.1 Å². The summed E-state index contributed by atoms with van der Waals surface area (Å²) < 4.78 is 28.6. The van der Waals surface area contributed by atoms with Crippen LogP contribution in [0.1, 0.15) is 31.8 Å². The molecule has 4 aromatic carbocycles. The number of hydrogen-bond donors (Lipinski definition) is 2. The molecule has 0 aliphatic carbocycles. The third-order valence-electron chi connectivity index (χ3n) is 5.48. The van der Waals surface area contributed by atoms with Crippen molar-refractivity contribution >= 4 is 33.8 Å². The van der Waals surface area contributed by atoms with E-state index in [9.17, 15) is 23.1 Å². The first-order valence-corrected chi connectivity index (χ1v) is 12.7. The van der Waals surface area contributed by atoms with Crippen LogP contribution in [0.5, 0.6) is 0 Å². The second kappa shape index (κ2) is 11.3. The molecule has 0 aromatic heterocycles. The molecule has 4 aromatic rings. The molecule has 0 radical (unpaired) electrons. The van der Waals surface area contributed by atoms with Gasteiger partial charge in [-0.25, -0.2) is 18.6 Å². The molecule has 186 valence electrons. The molecule has 9 heteroatoms. The number of benzene rings is 4. The number of carbonyl (C=O) groups is 2. The van der Waals surface area contributed by atoms with Gasteiger partial charge in [0.05, 0.1) is 34.5 Å². The molecule has 2 N–H and O–H groups in total. The molecule has 0 spiro atoms. The first kappa shape index (κ1) is 25.3. The van der Waals surface area contributed by atoms with Crippen LogP contribution < -0.4 is 9.73 Å². The maximum absolute atomic E-state index is 13.7. The Kier molecular flexibility index (Phi) is 7.75. The number of carbonyl (C=O) groups excluding carboxylic acids is 1. The number of carboxylic acids is 1. The smallest absolute Gasteiger partial charge is 0.336 e. The first-order valence-electron chi connectivity index (χ1n) is 11.2. The minimum absolute atomic E-state index is 0.00237. The van der Waals surface area contributed by atoms with E-state index in [0.29, 0.717) is 5.56 Å². The predicted octanol–water partition coefficient (Wildman–Crippen LogP) is 4.54. The Morgan fingerprint density at radius 3 is 2.03 bits per heavy atom. The van der Waals surface area contributed by atoms with Gasteiger partial charge < -0.3 is 5.11 Å². The van der Waals surface area contributed by atoms with E-state index in [1.807, 2.05) is 18.2 Å². The Morgan fingerprint density at radius 1 is 0.784 bits per heavy atom. The fraction of sp³-hybridized carbons (Fsp3) is 0.0357. The molecule has 8 nitrogen and oxygen atoms in total. The maximum atomic E-state index is 13.7. The quantitative estimate of drug-likeness (QED) is 0.252. The SMILES string of the molecule is O=C(O)c1ccccc1/C=N\NC(=O)c1ccccc1N(Cc1ccccc1)S(=O)(=O)c1ccccc1. The molecule has 0 atom stereocenters. The molecule has 0 bridgehead atoms. The minimum atomic E-state index is -4.04. The number of aromatic carboxylic acids is 1. The zero-order chi connectivity index (χ0) is 26.3. The Balaban J connectivity index is 1.69. The molecule has 1 amide bonds. The highest BCUT2D eigenvalue weighted by Crippen LogP contribution is 2.29. The van der Waals surface area contributed by atoms with E-state index in [-0.39, 0.29) is 28.3 Å². The Morgan fingerprint density at radius 2 is 1.35 bits per heavy atom. The summed E-state index contributed by atoms with van der Waals surface area (Å²) >= 11 is 0. The second-order valence-electron chi connectivity index (χ2n) is 7.92. The van der Waals surface area contributed by atoms with Crippen LogP contribution in [-0.4, -0.2) is 31.6 Å². The van der Waals surface area contributed by atoms with Gasteiger partial charge in [-0.1, -0.05) is 78.9 Å². The molecule has 0 aliphatic rings. The van der Waals surface area contributed by atoms with Gasteiger partial charge in [-0.2, -0.15) is 5.10 Å². The van der Waals surface area contributed by atoms with Crippen LogP contribution in [0.3, 0.4) is 0 Å². The lowest BCUT2D eigenvalue weighted by Crippen LogP contribution is -2.33. The van der Waals surface area contributed by atoms with Gasteiger partial charge in [0.2, 0.25) is 0 Å². The number of rotatable bonds is 9. The standard InChI is InChI=1S/C28H23N3O5S/c32-27(30-29-19-22-13-7-8-16-24(22)28(33)34)25-17-9-10-18-26(25)31(20-21-11-3-1-4-12-21)37(35,36)23-14-5-2-6-15-23/h1-19H,20H2,(H,30,32)(H,33,34)/b29-19-. The fourth-order valence-electron chi connectivity index (χ4n) is 3.68. The van der Waals surface area contributed by atoms with Crippen LogP contribution in [0.4, 0.5) is 5.69 Å². The zero-order valence-electron chi connectivity index (χ0n) is 19.6. The van der Waals surface area contributed by atoms with Crippen molar-refractivity contribution in [3.05, 3.63) is 131 Å². The highest BCUT2D eigenvalue weighted by Gasteiger charge is 2.28. The van der Waals surface area contributed by atoms with Gasteiger partial charge in [0, 0.05) is 5.56 Å². The van der Waals surface area contributed by atoms with E-state index in [4.69, 9.17) is 0 Å². The van der Waals surface area contributed by atoms with E-state index >= 15 is 0 Å². The highest BCUT2D eigenvalue weighted by molar-refractivity contribution is 7.92. The van der Waals surface area contributed by atoms with Crippen LogP contribution in [0, 0.1) is 0 Å². The van der Waals surface area contributed by atoms with Crippen molar-refractivity contribution in [2.45, 2.75) is 11.4 Å². The Hall–Kier alpha value is -4.76. The van der Waals surface area contributed by atoms with Gasteiger partial charge in [-0.3, -0.25) is 9.10 Å². The van der Waals surface area contributed by atoms with Crippen molar-refractivity contribution in [2.24, 2.45) is 5.10 Å². The van der Waals surface area contributed by atoms with Crippen LogP contribution >= 0.6 is 0 Å². The average molecular weight is 514 g/mol. The average Bonchev–Trinajstić information content (AvgIpc) is 2.93. The van der Waals surface area contributed by atoms with E-state index in [2.05, 4.69) is 10.5 Å². The Labute approximate surface area is 214 Å². The van der Waals surface area contributed by atoms with Crippen molar-refractivity contribution in [2.75, 3.05) is 4.31 Å². The first-order chi connectivity index (χ1) is 17.9. The van der Waals surface area contributed by atoms with Gasteiger partial charge in [-0.05, 0) is 35.9 Å². The minimum Gasteiger partial charge on any atom is -0.478 e. The van der Waals surface area contributed by atoms with Gasteiger partial charge in [-0.15, -0.1) is 0 Å². The molecule has 0 saturated heterocycles. The number of nitrogens with zero attached hydrogens (tertiary/aromatic N) is 2. The molecular weight excluding hydrogens is 490 g/mol. The summed E-state index contributed by atoms with van der Waals surface area (Å²) in [4.78, 5) is 24.6. The zero-order valence-corrected chi connectivity index (χ0v) is 20.4. The summed E-state index contributed by atoms with van der Waals surface area (Å²) in [5.74, 6) is -1.78. The van der Waals surface area contributed by atoms with Gasteiger partial charge >= 0.3 is 5.97 Å². The van der Waals surface area contributed by atoms with Crippen molar-refractivity contribution in [3.8, 4) is 0 Å². The van der Waals surface area contributed by atoms with Crippen LogP contribution in [-0.2, 0) is 16.6 Å². The van der Waals surface area contributed by atoms with E-state index in [1.54, 1.807) is 66.7 Å². The van der Waals surface area contributed by atoms with Gasteiger partial charge in [0.1, 0.15) is 0 Å². The summed E-state index contributed by atoms with van der Waals surface area (Å²) in [6.45, 7) is -0.00237. The number of carboxylic acid groups (broad SMARTS) is 1. The van der Waals surface area contributed by atoms with Gasteiger partial charge in [0.15, 0.2) is 0 Å². The summed E-state index contributed by atoms with van der Waals surface area (Å²) in [6.07, 6.45) is 1.23. The molecule has 0 heterocycles. The van der Waals surface area contributed by atoms with Crippen molar-refractivity contribution in [1.29, 1.82) is 0 Å². The summed E-state index contributed by atoms with van der Waals surface area (Å²) in [6, 6.07) is 29.6. The number of nitrogens with one attached hydrogen (secondary N) is 1. The Bertz CT molecular complexity index is 1540. The van der Waals surface area contributed by atoms with E-state index < -0.39 is 21.9 Å². The number of sulfonamides is 1. The van der Waals surface area contributed by atoms with E-state index in [1.165, 1.54) is 34.8 Å². The normalized spacial score (nSPS) is 11.2. The van der Waals surface area contributed by atoms with Crippen LogP contribution in [0.15, 0.2) is 119 Å². The molecule has 0 unspecified atom stereocenters. The molecule has 0 fully saturated rings. The highest BCUT2D eigenvalue weighted by atomic mass is 32.2. The van der Waals surface area contributed by atoms with E-state index in [0.717, 1.165) is 5.56 Å². The monoisotopic (exact) mass is 513 g/mol. The number of amides is 1. The number of anilines is 1. The summed E-state index contributed by atoms with van der Waals surface area (Å²) in [7, 11) is -4.04. The van der Waals surface area contributed by atoms with Gasteiger partial charge in [0.25, 0.3) is 15.9 Å². The summed E-state index contributed by atoms with van der Waals surface area (Å²) in [5.41, 5.74) is 3.71. The number of para-hydroxylation sites is 1. The molecule has 0 aliphatic heterocycles. The predicted molar refractivity (Wildman–Crippen MR) is 141 cm³/mol. The molecule has 0 saturated carbocycles. The van der Waals surface area contributed by atoms with Crippen LogP contribution in [0.2, 0.25) is 0 Å². The third kappa shape index (κ3) is 5.91. The number of hydrogen-bond acceptors (Lipinski definition) is 5. The lowest BCUT2D eigenvalue weighted by Gasteiger charge is -2.26. The summed E-state index contributed by atoms with van der Waals surface area (Å²) in [5, 5.41) is 13.2. The third-order valence-corrected chi connectivity index (χ3v) is 7.25. The molecule has 4 rings (SSSR count). The number of hydrazone groups is 1. The van der Waals surface area contributed by atoms with Crippen LogP contribution in [0.25, 0.3) is 0 Å².